The minimum absolute atomic E-state index is 0.0332. The minimum Gasteiger partial charge on any atom is -0.341 e. The Bertz CT molecular complexity index is 1900. The van der Waals surface area contributed by atoms with Gasteiger partial charge in [0.1, 0.15) is 16.5 Å². The third-order valence-electron chi connectivity index (χ3n) is 6.37. The Labute approximate surface area is 252 Å². The summed E-state index contributed by atoms with van der Waals surface area (Å²) in [5.74, 6) is 4.68. The highest BCUT2D eigenvalue weighted by Crippen LogP contribution is 2.21. The van der Waals surface area contributed by atoms with Crippen LogP contribution >= 0.6 is 11.6 Å². The first-order valence-corrected chi connectivity index (χ1v) is 13.7. The zero-order chi connectivity index (χ0) is 30.3. The fourth-order valence-electron chi connectivity index (χ4n) is 4.31. The number of carbonyl (C=O) groups excluding carboxylic acids is 1. The second-order valence-corrected chi connectivity index (χ2v) is 10.3. The van der Waals surface area contributed by atoms with Crippen molar-refractivity contribution in [3.05, 3.63) is 123 Å². The molecule has 5 rings (SSSR count). The van der Waals surface area contributed by atoms with Gasteiger partial charge >= 0.3 is 0 Å². The van der Waals surface area contributed by atoms with Crippen molar-refractivity contribution < 1.29 is 9.18 Å². The molecule has 11 heteroatoms. The molecule has 0 atom stereocenters. The number of aromatic nitrogens is 4. The number of rotatable bonds is 8. The molecule has 43 heavy (non-hydrogen) atoms. The van der Waals surface area contributed by atoms with Crippen LogP contribution < -0.4 is 16.2 Å². The lowest BCUT2D eigenvalue weighted by Crippen LogP contribution is -2.33. The fourth-order valence-corrected chi connectivity index (χ4v) is 4.42. The molecule has 1 amide bonds. The van der Waals surface area contributed by atoms with E-state index in [9.17, 15) is 9.59 Å². The van der Waals surface area contributed by atoms with Crippen molar-refractivity contribution in [2.45, 2.75) is 13.1 Å². The van der Waals surface area contributed by atoms with Crippen LogP contribution in [0, 0.1) is 17.7 Å². The van der Waals surface area contributed by atoms with Gasteiger partial charge in [-0.15, -0.1) is 0 Å². The monoisotopic (exact) mass is 595 g/mol. The van der Waals surface area contributed by atoms with Crippen molar-refractivity contribution in [2.75, 3.05) is 26.0 Å². The Hall–Kier alpha value is -5.11. The number of hydrogen-bond acceptors (Lipinski definition) is 7. The zero-order valence-electron chi connectivity index (χ0n) is 23.4. The molecular weight excluding hydrogens is 569 g/mol. The molecule has 5 aromatic rings. The first-order valence-electron chi connectivity index (χ1n) is 13.3. The van der Waals surface area contributed by atoms with E-state index in [1.165, 1.54) is 28.5 Å². The average molecular weight is 596 g/mol. The molecule has 0 fully saturated rings. The van der Waals surface area contributed by atoms with Crippen molar-refractivity contribution in [2.24, 2.45) is 0 Å². The zero-order valence-corrected chi connectivity index (χ0v) is 24.2. The Morgan fingerprint density at radius 1 is 1.02 bits per heavy atom. The van der Waals surface area contributed by atoms with Gasteiger partial charge in [0.25, 0.3) is 11.5 Å². The summed E-state index contributed by atoms with van der Waals surface area (Å²) < 4.78 is 16.6. The number of nitrogens with one attached hydrogen (secondary N) is 2. The molecule has 9 nitrogen and oxygen atoms in total. The van der Waals surface area contributed by atoms with Crippen LogP contribution in [0.15, 0.2) is 84.0 Å². The van der Waals surface area contributed by atoms with Crippen LogP contribution in [0.3, 0.4) is 0 Å². The Kier molecular flexibility index (Phi) is 9.05. The van der Waals surface area contributed by atoms with Gasteiger partial charge in [-0.2, -0.15) is 0 Å². The van der Waals surface area contributed by atoms with Gasteiger partial charge in [0.2, 0.25) is 5.95 Å². The topological polar surface area (TPSA) is 105 Å². The van der Waals surface area contributed by atoms with Gasteiger partial charge in [0, 0.05) is 30.8 Å². The predicted molar refractivity (Wildman–Crippen MR) is 165 cm³/mol. The molecule has 0 bridgehead atoms. The standard InChI is InChI=1S/C32H27ClFN7O2/c1-40(2)19-21-7-11-24(12-8-21)38-32-37-18-26-27(39-32)13-10-23(29(26)34)5-3-15-35-30(42)25-6-4-16-41(31(25)43)20-22-9-14-28(33)36-17-22/h4,6-14,16-18H,15,19-20H2,1-2H3,(H,35,42)(H,37,38,39). The third kappa shape index (κ3) is 7.40. The Balaban J connectivity index is 1.22. The number of nitrogens with zero attached hydrogens (tertiary/aromatic N) is 5. The molecule has 2 N–H and O–H groups in total. The van der Waals surface area contributed by atoms with Crippen LogP contribution in [-0.4, -0.2) is 51.0 Å². The summed E-state index contributed by atoms with van der Waals surface area (Å²) in [6.07, 6.45) is 4.56. The number of hydrogen-bond donors (Lipinski definition) is 2. The predicted octanol–water partition coefficient (Wildman–Crippen LogP) is 4.61. The maximum absolute atomic E-state index is 15.2. The summed E-state index contributed by atoms with van der Waals surface area (Å²) in [6.45, 7) is 0.983. The number of anilines is 2. The van der Waals surface area contributed by atoms with Gasteiger partial charge in [-0.1, -0.05) is 41.6 Å². The molecular formula is C32H27ClFN7O2. The van der Waals surface area contributed by atoms with Crippen LogP contribution in [0.1, 0.15) is 27.0 Å². The Morgan fingerprint density at radius 3 is 2.56 bits per heavy atom. The maximum atomic E-state index is 15.2. The van der Waals surface area contributed by atoms with Crippen LogP contribution in [-0.2, 0) is 13.1 Å². The number of amides is 1. The van der Waals surface area contributed by atoms with E-state index in [4.69, 9.17) is 11.6 Å². The van der Waals surface area contributed by atoms with Gasteiger partial charge in [0.15, 0.2) is 0 Å². The quantitative estimate of drug-likeness (QED) is 0.199. The number of carbonyl (C=O) groups is 1. The highest BCUT2D eigenvalue weighted by atomic mass is 35.5. The average Bonchev–Trinajstić information content (AvgIpc) is 2.99. The van der Waals surface area contributed by atoms with Crippen LogP contribution in [0.5, 0.6) is 0 Å². The van der Waals surface area contributed by atoms with Crippen LogP contribution in [0.4, 0.5) is 16.0 Å². The molecule has 0 saturated carbocycles. The smallest absolute Gasteiger partial charge is 0.263 e. The molecule has 216 valence electrons. The highest BCUT2D eigenvalue weighted by Gasteiger charge is 2.12. The van der Waals surface area contributed by atoms with E-state index in [0.717, 1.165) is 17.8 Å². The first kappa shape index (κ1) is 29.4. The molecule has 3 heterocycles. The van der Waals surface area contributed by atoms with Gasteiger partial charge in [-0.3, -0.25) is 9.59 Å². The van der Waals surface area contributed by atoms with E-state index >= 15 is 4.39 Å². The molecule has 0 spiro atoms. The second kappa shape index (κ2) is 13.2. The Morgan fingerprint density at radius 2 is 1.81 bits per heavy atom. The fraction of sp³-hybridized carbons (Fsp3) is 0.156. The number of fused-ring (bicyclic) bond motifs is 1. The SMILES string of the molecule is CN(C)Cc1ccc(Nc2ncc3c(F)c(C#CCNC(=O)c4cccn(Cc5ccc(Cl)nc5)c4=O)ccc3n2)cc1. The van der Waals surface area contributed by atoms with Crippen LogP contribution in [0.25, 0.3) is 10.9 Å². The van der Waals surface area contributed by atoms with E-state index in [0.29, 0.717) is 16.6 Å². The van der Waals surface area contributed by atoms with E-state index < -0.39 is 17.3 Å². The summed E-state index contributed by atoms with van der Waals surface area (Å²) >= 11 is 5.82. The van der Waals surface area contributed by atoms with Crippen LogP contribution in [0.2, 0.25) is 5.15 Å². The van der Waals surface area contributed by atoms with Gasteiger partial charge in [-0.25, -0.2) is 19.3 Å². The molecule has 0 unspecified atom stereocenters. The maximum Gasteiger partial charge on any atom is 0.263 e. The number of pyridine rings is 2. The summed E-state index contributed by atoms with van der Waals surface area (Å²) in [5.41, 5.74) is 2.83. The second-order valence-electron chi connectivity index (χ2n) is 9.94. The third-order valence-corrected chi connectivity index (χ3v) is 6.60. The highest BCUT2D eigenvalue weighted by molar-refractivity contribution is 6.29. The molecule has 0 radical (unpaired) electrons. The van der Waals surface area contributed by atoms with E-state index in [1.807, 2.05) is 38.4 Å². The van der Waals surface area contributed by atoms with Crippen molar-refractivity contribution >= 4 is 40.0 Å². The lowest BCUT2D eigenvalue weighted by Gasteiger charge is -2.11. The normalized spacial score (nSPS) is 10.8. The molecule has 2 aromatic carbocycles. The molecule has 3 aromatic heterocycles. The first-order chi connectivity index (χ1) is 20.8. The molecule has 0 aliphatic carbocycles. The lowest BCUT2D eigenvalue weighted by molar-refractivity contribution is 0.0956. The van der Waals surface area contributed by atoms with Gasteiger partial charge in [0.05, 0.1) is 29.6 Å². The largest absolute Gasteiger partial charge is 0.341 e. The van der Waals surface area contributed by atoms with Gasteiger partial charge in [-0.05, 0) is 67.7 Å². The number of benzene rings is 2. The molecule has 0 aliphatic heterocycles. The summed E-state index contributed by atoms with van der Waals surface area (Å²) in [7, 11) is 4.02. The van der Waals surface area contributed by atoms with Crippen molar-refractivity contribution in [3.8, 4) is 11.8 Å². The summed E-state index contributed by atoms with van der Waals surface area (Å²) in [5, 5.41) is 6.31. The molecule has 0 aliphatic rings. The van der Waals surface area contributed by atoms with Crippen molar-refractivity contribution in [1.82, 2.24) is 29.7 Å². The van der Waals surface area contributed by atoms with Gasteiger partial charge < -0.3 is 20.1 Å². The van der Waals surface area contributed by atoms with Crippen molar-refractivity contribution in [3.63, 3.8) is 0 Å². The summed E-state index contributed by atoms with van der Waals surface area (Å²) in [4.78, 5) is 40.3. The molecule has 0 saturated heterocycles. The number of halogens is 2. The van der Waals surface area contributed by atoms with E-state index in [2.05, 4.69) is 42.3 Å². The van der Waals surface area contributed by atoms with Crippen molar-refractivity contribution in [1.29, 1.82) is 0 Å². The summed E-state index contributed by atoms with van der Waals surface area (Å²) in [6, 6.07) is 17.6. The minimum atomic E-state index is -0.581. The van der Waals surface area contributed by atoms with E-state index in [-0.39, 0.29) is 29.6 Å². The van der Waals surface area contributed by atoms with E-state index in [1.54, 1.807) is 36.7 Å². The lowest BCUT2D eigenvalue weighted by atomic mass is 10.1.